The van der Waals surface area contributed by atoms with E-state index in [-0.39, 0.29) is 12.5 Å². The van der Waals surface area contributed by atoms with Gasteiger partial charge in [-0.05, 0) is 36.4 Å². The van der Waals surface area contributed by atoms with Crippen LogP contribution in [0.4, 0.5) is 0 Å². The van der Waals surface area contributed by atoms with Crippen molar-refractivity contribution in [3.63, 3.8) is 0 Å². The molecule has 0 fully saturated rings. The molecule has 0 bridgehead atoms. The quantitative estimate of drug-likeness (QED) is 0.202. The minimum atomic E-state index is -0.583. The second-order valence-electron chi connectivity index (χ2n) is 6.18. The minimum absolute atomic E-state index is 0.0564. The van der Waals surface area contributed by atoms with Crippen molar-refractivity contribution in [1.82, 2.24) is 0 Å². The van der Waals surface area contributed by atoms with Crippen LogP contribution >= 0.6 is 46.6 Å². The molecule has 0 aliphatic rings. The Kier molecular flexibility index (Phi) is 11.0. The third-order valence-electron chi connectivity index (χ3n) is 3.71. The van der Waals surface area contributed by atoms with Crippen LogP contribution in [-0.4, -0.2) is 44.9 Å². The Bertz CT molecular complexity index is 794. The number of carbonyl (C=O) groups is 1. The molecule has 0 aromatic heterocycles. The van der Waals surface area contributed by atoms with E-state index in [2.05, 4.69) is 0 Å². The number of benzene rings is 2. The standard InChI is InChI=1S/C21H23Cl3O5S/c1-14(25)29-16(12-22)13-28-21-19(23)10-18(11-20(21)24)30-17-6-4-15(5-7-17)27-9-3-8-26-2/h4-7,10-11,16H,3,8-9,12-13H2,1-2H3. The highest BCUT2D eigenvalue weighted by atomic mass is 35.5. The van der Waals surface area contributed by atoms with E-state index in [9.17, 15) is 4.79 Å². The first-order valence-electron chi connectivity index (χ1n) is 9.17. The Morgan fingerprint density at radius 3 is 2.27 bits per heavy atom. The van der Waals surface area contributed by atoms with Gasteiger partial charge in [0.2, 0.25) is 0 Å². The zero-order valence-corrected chi connectivity index (χ0v) is 19.7. The largest absolute Gasteiger partial charge is 0.494 e. The summed E-state index contributed by atoms with van der Waals surface area (Å²) in [6.07, 6.45) is 0.255. The van der Waals surface area contributed by atoms with E-state index >= 15 is 0 Å². The van der Waals surface area contributed by atoms with Crippen LogP contribution in [-0.2, 0) is 14.3 Å². The van der Waals surface area contributed by atoms with Crippen molar-refractivity contribution >= 4 is 52.5 Å². The molecule has 0 N–H and O–H groups in total. The van der Waals surface area contributed by atoms with Crippen LogP contribution in [0.2, 0.25) is 10.0 Å². The van der Waals surface area contributed by atoms with Gasteiger partial charge in [0.25, 0.3) is 0 Å². The van der Waals surface area contributed by atoms with Gasteiger partial charge in [-0.15, -0.1) is 11.6 Å². The van der Waals surface area contributed by atoms with Crippen molar-refractivity contribution in [2.45, 2.75) is 29.2 Å². The first kappa shape index (κ1) is 25.0. The van der Waals surface area contributed by atoms with Gasteiger partial charge in [-0.25, -0.2) is 0 Å². The van der Waals surface area contributed by atoms with E-state index in [0.717, 1.165) is 22.0 Å². The summed E-state index contributed by atoms with van der Waals surface area (Å²) >= 11 is 20.0. The number of esters is 1. The van der Waals surface area contributed by atoms with E-state index in [1.54, 1.807) is 19.2 Å². The Morgan fingerprint density at radius 2 is 1.70 bits per heavy atom. The lowest BCUT2D eigenvalue weighted by Gasteiger charge is -2.17. The summed E-state index contributed by atoms with van der Waals surface area (Å²) in [6, 6.07) is 11.3. The molecule has 0 heterocycles. The number of carbonyl (C=O) groups excluding carboxylic acids is 1. The van der Waals surface area contributed by atoms with Crippen molar-refractivity contribution < 1.29 is 23.7 Å². The minimum Gasteiger partial charge on any atom is -0.494 e. The molecule has 0 aliphatic carbocycles. The third kappa shape index (κ3) is 8.44. The number of ether oxygens (including phenoxy) is 4. The van der Waals surface area contributed by atoms with Crippen LogP contribution in [0, 0.1) is 0 Å². The summed E-state index contributed by atoms with van der Waals surface area (Å²) in [6.45, 7) is 2.65. The van der Waals surface area contributed by atoms with E-state index in [1.165, 1.54) is 18.7 Å². The van der Waals surface area contributed by atoms with Gasteiger partial charge < -0.3 is 18.9 Å². The number of hydrogen-bond donors (Lipinski definition) is 0. The van der Waals surface area contributed by atoms with Gasteiger partial charge in [-0.1, -0.05) is 35.0 Å². The monoisotopic (exact) mass is 492 g/mol. The fourth-order valence-electron chi connectivity index (χ4n) is 2.39. The first-order chi connectivity index (χ1) is 14.4. The Hall–Kier alpha value is -1.31. The fourth-order valence-corrected chi connectivity index (χ4v) is 4.16. The molecule has 9 heteroatoms. The molecule has 1 unspecified atom stereocenters. The van der Waals surface area contributed by atoms with E-state index in [4.69, 9.17) is 53.8 Å². The summed E-state index contributed by atoms with van der Waals surface area (Å²) in [4.78, 5) is 12.9. The van der Waals surface area contributed by atoms with Gasteiger partial charge in [0.05, 0.1) is 22.5 Å². The maximum absolute atomic E-state index is 11.1. The number of hydrogen-bond acceptors (Lipinski definition) is 6. The Balaban J connectivity index is 1.96. The van der Waals surface area contributed by atoms with Gasteiger partial charge in [-0.3, -0.25) is 4.79 Å². The van der Waals surface area contributed by atoms with Crippen molar-refractivity contribution in [3.8, 4) is 11.5 Å². The van der Waals surface area contributed by atoms with Crippen LogP contribution < -0.4 is 9.47 Å². The molecule has 0 amide bonds. The lowest BCUT2D eigenvalue weighted by atomic mass is 10.3. The number of halogens is 3. The van der Waals surface area contributed by atoms with Crippen molar-refractivity contribution in [2.24, 2.45) is 0 Å². The van der Waals surface area contributed by atoms with Crippen LogP contribution in [0.15, 0.2) is 46.2 Å². The summed E-state index contributed by atoms with van der Waals surface area (Å²) in [5.41, 5.74) is 0. The lowest BCUT2D eigenvalue weighted by Crippen LogP contribution is -2.25. The van der Waals surface area contributed by atoms with Gasteiger partial charge in [0.15, 0.2) is 5.75 Å². The van der Waals surface area contributed by atoms with Gasteiger partial charge in [0.1, 0.15) is 18.5 Å². The Labute approximate surface area is 195 Å². The van der Waals surface area contributed by atoms with Crippen LogP contribution in [0.25, 0.3) is 0 Å². The van der Waals surface area contributed by atoms with E-state index in [0.29, 0.717) is 29.0 Å². The number of methoxy groups -OCH3 is 1. The number of rotatable bonds is 12. The van der Waals surface area contributed by atoms with E-state index in [1.807, 2.05) is 24.3 Å². The highest BCUT2D eigenvalue weighted by molar-refractivity contribution is 7.99. The summed E-state index contributed by atoms with van der Waals surface area (Å²) in [5, 5.41) is 0.721. The van der Waals surface area contributed by atoms with Crippen LogP contribution in [0.5, 0.6) is 11.5 Å². The summed E-state index contributed by atoms with van der Waals surface area (Å²) in [5.74, 6) is 0.802. The lowest BCUT2D eigenvalue weighted by molar-refractivity contribution is -0.146. The first-order valence-corrected chi connectivity index (χ1v) is 11.3. The Morgan fingerprint density at radius 1 is 1.03 bits per heavy atom. The summed E-state index contributed by atoms with van der Waals surface area (Å²) in [7, 11) is 1.67. The molecular formula is C21H23Cl3O5S. The van der Waals surface area contributed by atoms with Gasteiger partial charge in [0, 0.05) is 36.9 Å². The molecular weight excluding hydrogens is 471 g/mol. The maximum Gasteiger partial charge on any atom is 0.303 e. The van der Waals surface area contributed by atoms with Crippen molar-refractivity contribution in [1.29, 1.82) is 0 Å². The average molecular weight is 494 g/mol. The smallest absolute Gasteiger partial charge is 0.303 e. The zero-order chi connectivity index (χ0) is 21.9. The molecule has 0 saturated carbocycles. The molecule has 0 aliphatic heterocycles. The maximum atomic E-state index is 11.1. The van der Waals surface area contributed by atoms with Crippen molar-refractivity contribution in [2.75, 3.05) is 32.8 Å². The topological polar surface area (TPSA) is 54.0 Å². The molecule has 1 atom stereocenters. The molecule has 2 aromatic rings. The normalized spacial score (nSPS) is 11.8. The van der Waals surface area contributed by atoms with Crippen LogP contribution in [0.3, 0.4) is 0 Å². The molecule has 30 heavy (non-hydrogen) atoms. The zero-order valence-electron chi connectivity index (χ0n) is 16.7. The predicted molar refractivity (Wildman–Crippen MR) is 121 cm³/mol. The highest BCUT2D eigenvalue weighted by Crippen LogP contribution is 2.39. The molecule has 5 nitrogen and oxygen atoms in total. The molecule has 0 saturated heterocycles. The molecule has 164 valence electrons. The third-order valence-corrected chi connectivity index (χ3v) is 5.60. The van der Waals surface area contributed by atoms with E-state index < -0.39 is 12.1 Å². The molecule has 0 radical (unpaired) electrons. The van der Waals surface area contributed by atoms with Gasteiger partial charge >= 0.3 is 5.97 Å². The molecule has 0 spiro atoms. The SMILES string of the molecule is COCCCOc1ccc(Sc2cc(Cl)c(OCC(CCl)OC(C)=O)c(Cl)c2)cc1. The predicted octanol–water partition coefficient (Wildman–Crippen LogP) is 6.11. The van der Waals surface area contributed by atoms with Gasteiger partial charge in [-0.2, -0.15) is 0 Å². The average Bonchev–Trinajstić information content (AvgIpc) is 2.70. The second-order valence-corrected chi connectivity index (χ2v) is 8.45. The van der Waals surface area contributed by atoms with Crippen molar-refractivity contribution in [3.05, 3.63) is 46.4 Å². The van der Waals surface area contributed by atoms with Crippen LogP contribution in [0.1, 0.15) is 13.3 Å². The second kappa shape index (κ2) is 13.2. The molecule has 2 aromatic carbocycles. The number of alkyl halides is 1. The molecule has 2 rings (SSSR count). The fraction of sp³-hybridized carbons (Fsp3) is 0.381. The highest BCUT2D eigenvalue weighted by Gasteiger charge is 2.16. The summed E-state index contributed by atoms with van der Waals surface area (Å²) < 4.78 is 21.3.